The molecule has 0 radical (unpaired) electrons. The summed E-state index contributed by atoms with van der Waals surface area (Å²) in [5.41, 5.74) is -1.86. The molecule has 24 heavy (non-hydrogen) atoms. The average Bonchev–Trinajstić information content (AvgIpc) is 2.45. The SMILES string of the molecule is CC(=O)O[C@H]1CCN(c2ncc(C(F)(F)F)cc2[N+](=O)[O-])[C@H](C)C1. The quantitative estimate of drug-likeness (QED) is 0.475. The summed E-state index contributed by atoms with van der Waals surface area (Å²) in [5.74, 6) is -0.527. The second kappa shape index (κ2) is 6.62. The van der Waals surface area contributed by atoms with Gasteiger partial charge in [-0.25, -0.2) is 4.98 Å². The highest BCUT2D eigenvalue weighted by Gasteiger charge is 2.37. The van der Waals surface area contributed by atoms with Gasteiger partial charge in [-0.2, -0.15) is 13.2 Å². The number of anilines is 1. The lowest BCUT2D eigenvalue weighted by Crippen LogP contribution is -2.44. The fourth-order valence-corrected chi connectivity index (χ4v) is 2.74. The summed E-state index contributed by atoms with van der Waals surface area (Å²) in [7, 11) is 0. The molecule has 1 fully saturated rings. The zero-order chi connectivity index (χ0) is 18.1. The number of hydrogen-bond donors (Lipinski definition) is 0. The van der Waals surface area contributed by atoms with Crippen molar-refractivity contribution >= 4 is 17.5 Å². The van der Waals surface area contributed by atoms with E-state index < -0.39 is 28.3 Å². The predicted octanol–water partition coefficient (Wildman–Crippen LogP) is 2.93. The van der Waals surface area contributed by atoms with Crippen LogP contribution in [0.15, 0.2) is 12.3 Å². The van der Waals surface area contributed by atoms with E-state index in [0.29, 0.717) is 25.1 Å². The second-order valence-corrected chi connectivity index (χ2v) is 5.62. The van der Waals surface area contributed by atoms with Gasteiger partial charge >= 0.3 is 17.8 Å². The van der Waals surface area contributed by atoms with E-state index in [-0.39, 0.29) is 24.5 Å². The Hall–Kier alpha value is -2.39. The van der Waals surface area contributed by atoms with E-state index in [9.17, 15) is 28.1 Å². The third kappa shape index (κ3) is 3.92. The topological polar surface area (TPSA) is 85.6 Å². The van der Waals surface area contributed by atoms with E-state index >= 15 is 0 Å². The number of ether oxygens (including phenoxy) is 1. The molecular weight excluding hydrogens is 331 g/mol. The van der Waals surface area contributed by atoms with Crippen LogP contribution in [0.3, 0.4) is 0 Å². The Kier molecular flexibility index (Phi) is 4.95. The third-order valence-electron chi connectivity index (χ3n) is 3.80. The largest absolute Gasteiger partial charge is 0.462 e. The van der Waals surface area contributed by atoms with Crippen LogP contribution in [0.25, 0.3) is 0 Å². The van der Waals surface area contributed by atoms with E-state index in [0.717, 1.165) is 0 Å². The third-order valence-corrected chi connectivity index (χ3v) is 3.80. The lowest BCUT2D eigenvalue weighted by molar-refractivity contribution is -0.384. The molecule has 0 bridgehead atoms. The number of esters is 1. The van der Waals surface area contributed by atoms with Gasteiger partial charge in [0.25, 0.3) is 0 Å². The van der Waals surface area contributed by atoms with E-state index in [4.69, 9.17) is 4.74 Å². The van der Waals surface area contributed by atoms with Crippen molar-refractivity contribution in [3.05, 3.63) is 27.9 Å². The first-order valence-electron chi connectivity index (χ1n) is 7.25. The number of nitrogens with zero attached hydrogens (tertiary/aromatic N) is 3. The van der Waals surface area contributed by atoms with Gasteiger partial charge in [0.2, 0.25) is 5.82 Å². The van der Waals surface area contributed by atoms with Crippen molar-refractivity contribution in [2.75, 3.05) is 11.4 Å². The van der Waals surface area contributed by atoms with E-state index in [1.807, 2.05) is 0 Å². The number of carbonyl (C=O) groups is 1. The van der Waals surface area contributed by atoms with Gasteiger partial charge in [0.15, 0.2) is 0 Å². The molecule has 7 nitrogen and oxygen atoms in total. The van der Waals surface area contributed by atoms with E-state index in [1.165, 1.54) is 6.92 Å². The molecule has 2 atom stereocenters. The van der Waals surface area contributed by atoms with Gasteiger partial charge in [-0.15, -0.1) is 0 Å². The van der Waals surface area contributed by atoms with Gasteiger partial charge in [0.05, 0.1) is 10.5 Å². The summed E-state index contributed by atoms with van der Waals surface area (Å²) in [6, 6.07) is 0.221. The Morgan fingerprint density at radius 1 is 1.50 bits per heavy atom. The summed E-state index contributed by atoms with van der Waals surface area (Å²) >= 11 is 0. The molecule has 0 N–H and O–H groups in total. The maximum atomic E-state index is 12.7. The zero-order valence-electron chi connectivity index (χ0n) is 13.0. The van der Waals surface area contributed by atoms with Crippen LogP contribution in [-0.2, 0) is 15.7 Å². The van der Waals surface area contributed by atoms with Gasteiger partial charge in [0, 0.05) is 44.6 Å². The first-order valence-corrected chi connectivity index (χ1v) is 7.25. The Balaban J connectivity index is 2.29. The molecule has 0 aliphatic carbocycles. The van der Waals surface area contributed by atoms with Crippen LogP contribution < -0.4 is 4.90 Å². The maximum absolute atomic E-state index is 12.7. The second-order valence-electron chi connectivity index (χ2n) is 5.62. The van der Waals surface area contributed by atoms with E-state index in [1.54, 1.807) is 11.8 Å². The average molecular weight is 347 g/mol. The van der Waals surface area contributed by atoms with Crippen LogP contribution >= 0.6 is 0 Å². The normalized spacial score (nSPS) is 21.5. The molecule has 1 aliphatic heterocycles. The number of hydrogen-bond acceptors (Lipinski definition) is 6. The monoisotopic (exact) mass is 347 g/mol. The lowest BCUT2D eigenvalue weighted by Gasteiger charge is -2.37. The number of halogens is 3. The Morgan fingerprint density at radius 2 is 2.17 bits per heavy atom. The highest BCUT2D eigenvalue weighted by Crippen LogP contribution is 2.36. The molecule has 1 aromatic rings. The number of carbonyl (C=O) groups excluding carboxylic acids is 1. The molecule has 2 heterocycles. The Bertz CT molecular complexity index is 651. The van der Waals surface area contributed by atoms with Gasteiger partial charge in [0.1, 0.15) is 6.10 Å². The number of nitro groups is 1. The van der Waals surface area contributed by atoms with Crippen molar-refractivity contribution in [1.29, 1.82) is 0 Å². The highest BCUT2D eigenvalue weighted by atomic mass is 19.4. The molecule has 0 spiro atoms. The summed E-state index contributed by atoms with van der Waals surface area (Å²) < 4.78 is 43.3. The Morgan fingerprint density at radius 3 is 2.67 bits per heavy atom. The minimum Gasteiger partial charge on any atom is -0.462 e. The van der Waals surface area contributed by atoms with Crippen LogP contribution in [0.5, 0.6) is 0 Å². The van der Waals surface area contributed by atoms with Crippen molar-refractivity contribution < 1.29 is 27.6 Å². The lowest BCUT2D eigenvalue weighted by atomic mass is 10.00. The summed E-state index contributed by atoms with van der Waals surface area (Å²) in [6.07, 6.45) is -3.59. The van der Waals surface area contributed by atoms with Crippen molar-refractivity contribution in [1.82, 2.24) is 4.98 Å². The number of pyridine rings is 1. The number of alkyl halides is 3. The van der Waals surface area contributed by atoms with Gasteiger partial charge in [-0.05, 0) is 6.92 Å². The van der Waals surface area contributed by atoms with Gasteiger partial charge in [-0.1, -0.05) is 0 Å². The Labute approximate surface area is 135 Å². The van der Waals surface area contributed by atoms with Crippen LogP contribution in [0, 0.1) is 10.1 Å². The number of piperidine rings is 1. The molecule has 1 aliphatic rings. The first-order chi connectivity index (χ1) is 11.1. The summed E-state index contributed by atoms with van der Waals surface area (Å²) in [4.78, 5) is 26.5. The number of aromatic nitrogens is 1. The molecule has 2 rings (SSSR count). The van der Waals surface area contributed by atoms with Crippen molar-refractivity contribution in [2.24, 2.45) is 0 Å². The molecule has 1 saturated heterocycles. The van der Waals surface area contributed by atoms with Crippen LogP contribution in [0.1, 0.15) is 32.3 Å². The molecule has 0 aromatic carbocycles. The minimum atomic E-state index is -4.70. The van der Waals surface area contributed by atoms with Crippen molar-refractivity contribution in [2.45, 2.75) is 45.0 Å². The molecule has 10 heteroatoms. The van der Waals surface area contributed by atoms with E-state index in [2.05, 4.69) is 4.98 Å². The van der Waals surface area contributed by atoms with Crippen molar-refractivity contribution in [3.8, 4) is 0 Å². The fraction of sp³-hybridized carbons (Fsp3) is 0.571. The first kappa shape index (κ1) is 18.0. The zero-order valence-corrected chi connectivity index (χ0v) is 13.0. The van der Waals surface area contributed by atoms with Gasteiger partial charge < -0.3 is 9.64 Å². The molecule has 0 amide bonds. The van der Waals surface area contributed by atoms with Gasteiger partial charge in [-0.3, -0.25) is 14.9 Å². The molecule has 1 aromatic heterocycles. The summed E-state index contributed by atoms with van der Waals surface area (Å²) in [6.45, 7) is 3.33. The maximum Gasteiger partial charge on any atom is 0.418 e. The molecule has 132 valence electrons. The van der Waals surface area contributed by atoms with Crippen LogP contribution in [0.2, 0.25) is 0 Å². The standard InChI is InChI=1S/C14H16F3N3O4/c1-8-5-11(24-9(2)21)3-4-19(8)13-12(20(22)23)6-10(7-18-13)14(15,16)17/h6-8,11H,3-5H2,1-2H3/t8-,11+/m1/s1. The minimum absolute atomic E-state index is 0.109. The fourth-order valence-electron chi connectivity index (χ4n) is 2.74. The smallest absolute Gasteiger partial charge is 0.418 e. The van der Waals surface area contributed by atoms with Crippen molar-refractivity contribution in [3.63, 3.8) is 0 Å². The predicted molar refractivity (Wildman–Crippen MR) is 77.5 cm³/mol. The summed E-state index contributed by atoms with van der Waals surface area (Å²) in [5, 5.41) is 11.2. The highest BCUT2D eigenvalue weighted by molar-refractivity contribution is 5.66. The number of rotatable bonds is 3. The molecule has 0 saturated carbocycles. The van der Waals surface area contributed by atoms with Crippen LogP contribution in [0.4, 0.5) is 24.7 Å². The van der Waals surface area contributed by atoms with Crippen LogP contribution in [-0.4, -0.2) is 34.6 Å². The molecule has 0 unspecified atom stereocenters. The molecular formula is C14H16F3N3O4.